The van der Waals surface area contributed by atoms with Crippen LogP contribution in [0.15, 0.2) is 24.5 Å². The zero-order chi connectivity index (χ0) is 18.0. The molecule has 1 amide bonds. The van der Waals surface area contributed by atoms with Crippen molar-refractivity contribution in [1.29, 1.82) is 0 Å². The van der Waals surface area contributed by atoms with Gasteiger partial charge in [0.25, 0.3) is 0 Å². The molecule has 2 N–H and O–H groups in total. The highest BCUT2D eigenvalue weighted by atomic mass is 32.1. The monoisotopic (exact) mass is 357 g/mol. The fourth-order valence-corrected chi connectivity index (χ4v) is 2.93. The summed E-state index contributed by atoms with van der Waals surface area (Å²) in [6.45, 7) is 8.12. The predicted octanol–water partition coefficient (Wildman–Crippen LogP) is 3.08. The number of carbonyl (C=O) groups is 1. The van der Waals surface area contributed by atoms with Crippen LogP contribution in [-0.2, 0) is 24.3 Å². The maximum absolute atomic E-state index is 12.3. The smallest absolute Gasteiger partial charge is 0.230 e. The fraction of sp³-hybridized carbons (Fsp3) is 0.444. The zero-order valence-corrected chi connectivity index (χ0v) is 15.6. The van der Waals surface area contributed by atoms with Crippen LogP contribution in [0.1, 0.15) is 37.6 Å². The summed E-state index contributed by atoms with van der Waals surface area (Å²) >= 11 is 5.09. The van der Waals surface area contributed by atoms with Crippen molar-refractivity contribution in [2.24, 2.45) is 5.41 Å². The van der Waals surface area contributed by atoms with E-state index in [2.05, 4.69) is 25.2 Å². The number of carbonyl (C=O) groups excluding carboxylic acids is 1. The Bertz CT molecular complexity index is 840. The van der Waals surface area contributed by atoms with Gasteiger partial charge in [-0.2, -0.15) is 0 Å². The van der Waals surface area contributed by atoms with Gasteiger partial charge < -0.3 is 10.3 Å². The third-order valence-corrected chi connectivity index (χ3v) is 4.46. The van der Waals surface area contributed by atoms with Crippen LogP contribution in [-0.4, -0.2) is 32.3 Å². The highest BCUT2D eigenvalue weighted by Gasteiger charge is 2.23. The molecule has 132 valence electrons. The number of rotatable bonds is 3. The van der Waals surface area contributed by atoms with E-state index >= 15 is 0 Å². The largest absolute Gasteiger partial charge is 0.334 e. The van der Waals surface area contributed by atoms with E-state index in [0.29, 0.717) is 10.6 Å². The Morgan fingerprint density at radius 2 is 2.20 bits per heavy atom. The van der Waals surface area contributed by atoms with Crippen molar-refractivity contribution in [2.75, 3.05) is 11.9 Å². The first-order valence-electron chi connectivity index (χ1n) is 8.38. The number of aromatic nitrogens is 3. The summed E-state index contributed by atoms with van der Waals surface area (Å²) in [5.41, 5.74) is 2.90. The molecule has 1 aliphatic heterocycles. The first-order chi connectivity index (χ1) is 11.8. The van der Waals surface area contributed by atoms with E-state index in [0.717, 1.165) is 31.6 Å². The standard InChI is InChI=1S/C18H23N5OS/c1-18(2,3)16(24)22-15-12(5-4-7-19-15)10-23-8-6-14-13(11-23)9-20-17(25)21-14/h4-5,7,9H,6,8,10-11H2,1-3H3,(H,19,22,24)(H,20,21,25). The van der Waals surface area contributed by atoms with Crippen molar-refractivity contribution in [3.63, 3.8) is 0 Å². The van der Waals surface area contributed by atoms with Crippen LogP contribution in [0.4, 0.5) is 5.82 Å². The van der Waals surface area contributed by atoms with Gasteiger partial charge in [0.1, 0.15) is 5.82 Å². The Labute approximate surface area is 152 Å². The molecule has 3 heterocycles. The van der Waals surface area contributed by atoms with Crippen LogP contribution in [0.25, 0.3) is 0 Å². The van der Waals surface area contributed by atoms with Crippen LogP contribution in [0.5, 0.6) is 0 Å². The second kappa shape index (κ2) is 7.01. The molecule has 0 radical (unpaired) electrons. The number of fused-ring (bicyclic) bond motifs is 1. The molecule has 3 rings (SSSR count). The van der Waals surface area contributed by atoms with Gasteiger partial charge in [-0.05, 0) is 18.3 Å². The Morgan fingerprint density at radius 3 is 2.96 bits per heavy atom. The summed E-state index contributed by atoms with van der Waals surface area (Å²) in [5.74, 6) is 0.604. The molecule has 0 atom stereocenters. The van der Waals surface area contributed by atoms with Gasteiger partial charge in [0, 0.05) is 60.7 Å². The lowest BCUT2D eigenvalue weighted by Gasteiger charge is -2.28. The quantitative estimate of drug-likeness (QED) is 0.826. The molecule has 6 nitrogen and oxygen atoms in total. The van der Waals surface area contributed by atoms with Gasteiger partial charge in [0.2, 0.25) is 5.91 Å². The third kappa shape index (κ3) is 4.29. The number of anilines is 1. The highest BCUT2D eigenvalue weighted by molar-refractivity contribution is 7.71. The predicted molar refractivity (Wildman–Crippen MR) is 99.6 cm³/mol. The fourth-order valence-electron chi connectivity index (χ4n) is 2.75. The first-order valence-corrected chi connectivity index (χ1v) is 8.78. The lowest BCUT2D eigenvalue weighted by Crippen LogP contribution is -2.32. The van der Waals surface area contributed by atoms with Crippen molar-refractivity contribution < 1.29 is 4.79 Å². The molecule has 0 saturated carbocycles. The third-order valence-electron chi connectivity index (χ3n) is 4.25. The van der Waals surface area contributed by atoms with E-state index in [-0.39, 0.29) is 5.91 Å². The Balaban J connectivity index is 1.75. The van der Waals surface area contributed by atoms with E-state index in [9.17, 15) is 4.79 Å². The van der Waals surface area contributed by atoms with Gasteiger partial charge in [0.05, 0.1) is 0 Å². The summed E-state index contributed by atoms with van der Waals surface area (Å²) in [4.78, 5) is 26.3. The number of nitrogens with one attached hydrogen (secondary N) is 2. The molecular weight excluding hydrogens is 334 g/mol. The van der Waals surface area contributed by atoms with Gasteiger partial charge in [0.15, 0.2) is 4.77 Å². The molecule has 0 bridgehead atoms. The Hall–Kier alpha value is -2.12. The van der Waals surface area contributed by atoms with Crippen LogP contribution in [0.2, 0.25) is 0 Å². The van der Waals surface area contributed by atoms with Crippen molar-refractivity contribution in [3.8, 4) is 0 Å². The summed E-state index contributed by atoms with van der Waals surface area (Å²) in [7, 11) is 0. The Morgan fingerprint density at radius 1 is 1.40 bits per heavy atom. The average molecular weight is 357 g/mol. The minimum absolute atomic E-state index is 0.0341. The van der Waals surface area contributed by atoms with Crippen molar-refractivity contribution in [1.82, 2.24) is 19.9 Å². The molecule has 25 heavy (non-hydrogen) atoms. The first kappa shape index (κ1) is 17.7. The topological polar surface area (TPSA) is 73.9 Å². The SMILES string of the molecule is CC(C)(C)C(=O)Nc1ncccc1CN1CCc2[nH]c(=S)ncc2C1. The Kier molecular flexibility index (Phi) is 4.96. The van der Waals surface area contributed by atoms with Gasteiger partial charge in [-0.15, -0.1) is 0 Å². The number of nitrogens with zero attached hydrogens (tertiary/aromatic N) is 3. The zero-order valence-electron chi connectivity index (χ0n) is 14.8. The molecule has 0 aromatic carbocycles. The lowest BCUT2D eigenvalue weighted by molar-refractivity contribution is -0.123. The molecule has 2 aromatic rings. The van der Waals surface area contributed by atoms with Crippen molar-refractivity contribution in [3.05, 3.63) is 46.1 Å². The lowest BCUT2D eigenvalue weighted by atomic mass is 9.95. The number of pyridine rings is 1. The highest BCUT2D eigenvalue weighted by Crippen LogP contribution is 2.22. The van der Waals surface area contributed by atoms with Crippen molar-refractivity contribution in [2.45, 2.75) is 40.3 Å². The average Bonchev–Trinajstić information content (AvgIpc) is 2.56. The minimum atomic E-state index is -0.456. The van der Waals surface area contributed by atoms with E-state index in [1.807, 2.05) is 39.1 Å². The van der Waals surface area contributed by atoms with Gasteiger partial charge in [-0.1, -0.05) is 26.8 Å². The van der Waals surface area contributed by atoms with E-state index in [1.165, 1.54) is 11.3 Å². The normalized spacial score (nSPS) is 14.8. The minimum Gasteiger partial charge on any atom is -0.334 e. The number of H-pyrrole nitrogens is 1. The number of hydrogen-bond acceptors (Lipinski definition) is 5. The molecular formula is C18H23N5OS. The maximum atomic E-state index is 12.3. The van der Waals surface area contributed by atoms with Gasteiger partial charge in [-0.25, -0.2) is 9.97 Å². The van der Waals surface area contributed by atoms with Crippen molar-refractivity contribution >= 4 is 23.9 Å². The van der Waals surface area contributed by atoms with E-state index in [1.54, 1.807) is 6.20 Å². The maximum Gasteiger partial charge on any atom is 0.230 e. The molecule has 7 heteroatoms. The number of hydrogen-bond donors (Lipinski definition) is 2. The molecule has 1 aliphatic rings. The van der Waals surface area contributed by atoms with Crippen LogP contribution >= 0.6 is 12.2 Å². The van der Waals surface area contributed by atoms with Crippen LogP contribution in [0, 0.1) is 10.2 Å². The van der Waals surface area contributed by atoms with Gasteiger partial charge in [-0.3, -0.25) is 9.69 Å². The van der Waals surface area contributed by atoms with Gasteiger partial charge >= 0.3 is 0 Å². The molecule has 0 saturated heterocycles. The number of aromatic amines is 1. The van der Waals surface area contributed by atoms with Crippen LogP contribution < -0.4 is 5.32 Å². The summed E-state index contributed by atoms with van der Waals surface area (Å²) in [5, 5.41) is 2.96. The molecule has 0 fully saturated rings. The number of amides is 1. The second-order valence-electron chi connectivity index (χ2n) is 7.37. The molecule has 0 aliphatic carbocycles. The molecule has 2 aromatic heterocycles. The summed E-state index contributed by atoms with van der Waals surface area (Å²) < 4.78 is 0.534. The van der Waals surface area contributed by atoms with E-state index < -0.39 is 5.41 Å². The summed E-state index contributed by atoms with van der Waals surface area (Å²) in [6, 6.07) is 3.91. The van der Waals surface area contributed by atoms with Crippen LogP contribution in [0.3, 0.4) is 0 Å². The summed E-state index contributed by atoms with van der Waals surface area (Å²) in [6.07, 6.45) is 4.47. The second-order valence-corrected chi connectivity index (χ2v) is 7.75. The van der Waals surface area contributed by atoms with E-state index in [4.69, 9.17) is 12.2 Å². The molecule has 0 spiro atoms. The molecule has 0 unspecified atom stereocenters.